The second-order valence-electron chi connectivity index (χ2n) is 6.87. The lowest BCUT2D eigenvalue weighted by atomic mass is 10.3. The Hall–Kier alpha value is -3.10. The van der Waals surface area contributed by atoms with E-state index in [9.17, 15) is 8.42 Å². The lowest BCUT2D eigenvalue weighted by molar-refractivity contribution is 0.481. The van der Waals surface area contributed by atoms with E-state index in [1.807, 2.05) is 6.07 Å². The number of hydrogen-bond donors (Lipinski definition) is 2. The molecule has 2 heterocycles. The summed E-state index contributed by atoms with van der Waals surface area (Å²) in [6.07, 6.45) is 3.25. The van der Waals surface area contributed by atoms with Gasteiger partial charge in [0.25, 0.3) is 0 Å². The second kappa shape index (κ2) is 7.97. The summed E-state index contributed by atoms with van der Waals surface area (Å²) in [6.45, 7) is 3.28. The van der Waals surface area contributed by atoms with Crippen LogP contribution in [0.1, 0.15) is 13.8 Å². The number of sulfone groups is 1. The molecule has 30 heavy (non-hydrogen) atoms. The molecule has 0 bridgehead atoms. The van der Waals surface area contributed by atoms with E-state index in [2.05, 4.69) is 20.3 Å². The first-order valence-electron chi connectivity index (χ1n) is 9.21. The highest BCUT2D eigenvalue weighted by molar-refractivity contribution is 7.92. The second-order valence-corrected chi connectivity index (χ2v) is 9.76. The van der Waals surface area contributed by atoms with Crippen molar-refractivity contribution < 1.29 is 13.2 Å². The minimum atomic E-state index is -3.41. The summed E-state index contributed by atoms with van der Waals surface area (Å²) in [5, 5.41) is 3.00. The number of fused-ring (bicyclic) bond motifs is 1. The fraction of sp³-hybridized carbons (Fsp3) is 0.143. The van der Waals surface area contributed by atoms with Crippen molar-refractivity contribution in [2.45, 2.75) is 24.0 Å². The zero-order chi connectivity index (χ0) is 21.3. The minimum absolute atomic E-state index is 0.204. The van der Waals surface area contributed by atoms with Gasteiger partial charge in [0.05, 0.1) is 21.3 Å². The summed E-state index contributed by atoms with van der Waals surface area (Å²) in [5.74, 6) is 1.34. The first-order chi connectivity index (χ1) is 14.4. The van der Waals surface area contributed by atoms with Crippen LogP contribution in [0, 0.1) is 0 Å². The Morgan fingerprint density at radius 1 is 1.10 bits per heavy atom. The van der Waals surface area contributed by atoms with Crippen LogP contribution in [0.15, 0.2) is 66.0 Å². The van der Waals surface area contributed by atoms with Crippen LogP contribution in [-0.4, -0.2) is 28.6 Å². The number of nitrogens with one attached hydrogen (secondary N) is 2. The first kappa shape index (κ1) is 20.2. The highest BCUT2D eigenvalue weighted by Gasteiger charge is 2.20. The topological polar surface area (TPSA) is 97.0 Å². The maximum Gasteiger partial charge on any atom is 0.180 e. The van der Waals surface area contributed by atoms with Gasteiger partial charge in [-0.05, 0) is 50.2 Å². The molecule has 2 aromatic heterocycles. The van der Waals surface area contributed by atoms with Crippen LogP contribution in [0.5, 0.6) is 11.5 Å². The van der Waals surface area contributed by atoms with E-state index in [0.29, 0.717) is 28.0 Å². The molecule has 0 aliphatic rings. The largest absolute Gasteiger partial charge is 0.456 e. The molecule has 0 aliphatic heterocycles. The third-order valence-electron chi connectivity index (χ3n) is 4.54. The summed E-state index contributed by atoms with van der Waals surface area (Å²) >= 11 is 6.55. The van der Waals surface area contributed by atoms with E-state index in [1.165, 1.54) is 12.4 Å². The number of hydrogen-bond acceptors (Lipinski definition) is 6. The van der Waals surface area contributed by atoms with E-state index in [1.54, 1.807) is 56.4 Å². The number of aromatic nitrogens is 3. The predicted octanol–water partition coefficient (Wildman–Crippen LogP) is 5.33. The smallest absolute Gasteiger partial charge is 0.180 e. The average Bonchev–Trinajstić information content (AvgIpc) is 3.21. The van der Waals surface area contributed by atoms with Gasteiger partial charge in [0.2, 0.25) is 0 Å². The van der Waals surface area contributed by atoms with Gasteiger partial charge >= 0.3 is 0 Å². The molecule has 0 spiro atoms. The number of halogens is 1. The zero-order valence-electron chi connectivity index (χ0n) is 16.3. The molecule has 154 valence electrons. The number of anilines is 2. The number of aromatic amines is 1. The van der Waals surface area contributed by atoms with E-state index in [4.69, 9.17) is 16.3 Å². The van der Waals surface area contributed by atoms with Crippen molar-refractivity contribution in [1.29, 1.82) is 0 Å². The van der Waals surface area contributed by atoms with E-state index < -0.39 is 15.1 Å². The van der Waals surface area contributed by atoms with Crippen molar-refractivity contribution in [3.8, 4) is 11.5 Å². The molecule has 0 aliphatic carbocycles. The lowest BCUT2D eigenvalue weighted by Gasteiger charge is -2.14. The molecule has 0 unspecified atom stereocenters. The zero-order valence-corrected chi connectivity index (χ0v) is 17.8. The Kier molecular flexibility index (Phi) is 5.36. The summed E-state index contributed by atoms with van der Waals surface area (Å²) in [5.41, 5.74) is 2.13. The maximum atomic E-state index is 12.4. The SMILES string of the molecule is CC(C)S(=O)(=O)c1cccc(Oc2cccc(Nc3ncnc4cc[nH]c34)c2Cl)c1. The van der Waals surface area contributed by atoms with Gasteiger partial charge in [0.15, 0.2) is 15.7 Å². The van der Waals surface area contributed by atoms with Crippen LogP contribution >= 0.6 is 11.6 Å². The molecular weight excluding hydrogens is 424 g/mol. The molecule has 0 radical (unpaired) electrons. The standard InChI is InChI=1S/C21H19ClN4O3S/c1-13(2)30(27,28)15-6-3-5-14(11-15)29-18-8-4-7-16(19(18)22)26-21-20-17(9-10-23-20)24-12-25-21/h3-13,23H,1-2H3,(H,24,25,26). The van der Waals surface area contributed by atoms with Crippen LogP contribution in [-0.2, 0) is 9.84 Å². The summed E-state index contributed by atoms with van der Waals surface area (Å²) in [6, 6.07) is 13.5. The molecule has 0 amide bonds. The molecule has 0 saturated carbocycles. The average molecular weight is 443 g/mol. The molecule has 9 heteroatoms. The van der Waals surface area contributed by atoms with E-state index in [0.717, 1.165) is 11.0 Å². The Balaban J connectivity index is 1.64. The van der Waals surface area contributed by atoms with Gasteiger partial charge in [0, 0.05) is 6.20 Å². The maximum absolute atomic E-state index is 12.4. The molecule has 7 nitrogen and oxygen atoms in total. The number of benzene rings is 2. The van der Waals surface area contributed by atoms with Crippen LogP contribution < -0.4 is 10.1 Å². The summed E-state index contributed by atoms with van der Waals surface area (Å²) in [4.78, 5) is 11.8. The fourth-order valence-corrected chi connectivity index (χ4v) is 4.20. The third-order valence-corrected chi connectivity index (χ3v) is 7.09. The fourth-order valence-electron chi connectivity index (χ4n) is 2.89. The highest BCUT2D eigenvalue weighted by atomic mass is 35.5. The predicted molar refractivity (Wildman–Crippen MR) is 117 cm³/mol. The van der Waals surface area contributed by atoms with Gasteiger partial charge in [0.1, 0.15) is 28.4 Å². The van der Waals surface area contributed by atoms with Crippen molar-refractivity contribution >= 4 is 44.0 Å². The van der Waals surface area contributed by atoms with Crippen LogP contribution in [0.4, 0.5) is 11.5 Å². The van der Waals surface area contributed by atoms with Crippen molar-refractivity contribution in [1.82, 2.24) is 15.0 Å². The third kappa shape index (κ3) is 3.83. The highest BCUT2D eigenvalue weighted by Crippen LogP contribution is 2.37. The van der Waals surface area contributed by atoms with Gasteiger partial charge in [-0.3, -0.25) is 0 Å². The number of H-pyrrole nitrogens is 1. The monoisotopic (exact) mass is 442 g/mol. The van der Waals surface area contributed by atoms with Gasteiger partial charge < -0.3 is 15.0 Å². The van der Waals surface area contributed by atoms with Gasteiger partial charge in [-0.2, -0.15) is 0 Å². The molecule has 2 N–H and O–H groups in total. The van der Waals surface area contributed by atoms with Gasteiger partial charge in [-0.25, -0.2) is 18.4 Å². The molecule has 2 aromatic carbocycles. The quantitative estimate of drug-likeness (QED) is 0.419. The molecule has 0 saturated heterocycles. The van der Waals surface area contributed by atoms with Crippen molar-refractivity contribution in [2.75, 3.05) is 5.32 Å². The van der Waals surface area contributed by atoms with Crippen molar-refractivity contribution in [3.05, 3.63) is 66.1 Å². The van der Waals surface area contributed by atoms with E-state index >= 15 is 0 Å². The molecule has 4 aromatic rings. The van der Waals surface area contributed by atoms with E-state index in [-0.39, 0.29) is 4.90 Å². The Morgan fingerprint density at radius 3 is 2.70 bits per heavy atom. The Labute approximate surface area is 179 Å². The minimum Gasteiger partial charge on any atom is -0.456 e. The van der Waals surface area contributed by atoms with Crippen LogP contribution in [0.2, 0.25) is 5.02 Å². The molecule has 0 atom stereocenters. The Morgan fingerprint density at radius 2 is 1.90 bits per heavy atom. The van der Waals surface area contributed by atoms with Crippen molar-refractivity contribution in [3.63, 3.8) is 0 Å². The lowest BCUT2D eigenvalue weighted by Crippen LogP contribution is -2.13. The molecular formula is C21H19ClN4O3S. The molecule has 4 rings (SSSR count). The first-order valence-corrected chi connectivity index (χ1v) is 11.1. The Bertz CT molecular complexity index is 1320. The van der Waals surface area contributed by atoms with Gasteiger partial charge in [-0.1, -0.05) is 23.7 Å². The summed E-state index contributed by atoms with van der Waals surface area (Å²) in [7, 11) is -3.41. The van der Waals surface area contributed by atoms with Crippen LogP contribution in [0.3, 0.4) is 0 Å². The molecule has 0 fully saturated rings. The number of nitrogens with zero attached hydrogens (tertiary/aromatic N) is 2. The number of ether oxygens (including phenoxy) is 1. The normalized spacial score (nSPS) is 11.7. The van der Waals surface area contributed by atoms with Crippen LogP contribution in [0.25, 0.3) is 11.0 Å². The summed E-state index contributed by atoms with van der Waals surface area (Å²) < 4.78 is 30.8. The number of rotatable bonds is 6. The van der Waals surface area contributed by atoms with Crippen molar-refractivity contribution in [2.24, 2.45) is 0 Å². The van der Waals surface area contributed by atoms with Gasteiger partial charge in [-0.15, -0.1) is 0 Å².